The predicted molar refractivity (Wildman–Crippen MR) is 93.8 cm³/mol. The SMILES string of the molecule is Cc1ccsc1/C=C/C(=O)NCc1ccccc1CN(C)C. The van der Waals surface area contributed by atoms with Crippen LogP contribution in [0.2, 0.25) is 0 Å². The molecule has 1 heterocycles. The van der Waals surface area contributed by atoms with E-state index in [0.717, 1.165) is 17.0 Å². The second-order valence-corrected chi connectivity index (χ2v) is 6.47. The van der Waals surface area contributed by atoms with Gasteiger partial charge in [-0.15, -0.1) is 11.3 Å². The zero-order valence-corrected chi connectivity index (χ0v) is 14.1. The minimum Gasteiger partial charge on any atom is -0.348 e. The number of aryl methyl sites for hydroxylation is 1. The van der Waals surface area contributed by atoms with Crippen molar-refractivity contribution in [1.29, 1.82) is 0 Å². The number of nitrogens with one attached hydrogen (secondary N) is 1. The highest BCUT2D eigenvalue weighted by molar-refractivity contribution is 7.11. The summed E-state index contributed by atoms with van der Waals surface area (Å²) in [6.45, 7) is 3.47. The van der Waals surface area contributed by atoms with Crippen molar-refractivity contribution < 1.29 is 4.79 Å². The average Bonchev–Trinajstić information content (AvgIpc) is 2.89. The van der Waals surface area contributed by atoms with Crippen molar-refractivity contribution in [3.05, 3.63) is 63.4 Å². The van der Waals surface area contributed by atoms with E-state index in [1.54, 1.807) is 17.4 Å². The number of hydrogen-bond acceptors (Lipinski definition) is 3. The maximum Gasteiger partial charge on any atom is 0.244 e. The molecule has 0 saturated carbocycles. The summed E-state index contributed by atoms with van der Waals surface area (Å²) in [4.78, 5) is 15.2. The van der Waals surface area contributed by atoms with Crippen LogP contribution in [0.25, 0.3) is 6.08 Å². The van der Waals surface area contributed by atoms with Crippen molar-refractivity contribution >= 4 is 23.3 Å². The van der Waals surface area contributed by atoms with Crippen LogP contribution in [0.4, 0.5) is 0 Å². The molecule has 1 aromatic carbocycles. The van der Waals surface area contributed by atoms with Gasteiger partial charge in [0.25, 0.3) is 0 Å². The Labute approximate surface area is 136 Å². The van der Waals surface area contributed by atoms with E-state index >= 15 is 0 Å². The summed E-state index contributed by atoms with van der Waals surface area (Å²) >= 11 is 1.64. The van der Waals surface area contributed by atoms with Gasteiger partial charge in [0.15, 0.2) is 0 Å². The summed E-state index contributed by atoms with van der Waals surface area (Å²) in [7, 11) is 4.09. The Morgan fingerprint density at radius 1 is 1.23 bits per heavy atom. The van der Waals surface area contributed by atoms with Crippen LogP contribution >= 0.6 is 11.3 Å². The monoisotopic (exact) mass is 314 g/mol. The van der Waals surface area contributed by atoms with Gasteiger partial charge >= 0.3 is 0 Å². The first-order valence-corrected chi connectivity index (χ1v) is 8.15. The Hall–Kier alpha value is -1.91. The van der Waals surface area contributed by atoms with E-state index in [4.69, 9.17) is 0 Å². The standard InChI is InChI=1S/C18H22N2OS/c1-14-10-11-22-17(14)8-9-18(21)19-12-15-6-4-5-7-16(15)13-20(2)3/h4-11H,12-13H2,1-3H3,(H,19,21)/b9-8+. The molecule has 1 aromatic heterocycles. The molecule has 0 aliphatic carbocycles. The highest BCUT2D eigenvalue weighted by atomic mass is 32.1. The molecule has 3 nitrogen and oxygen atoms in total. The summed E-state index contributed by atoms with van der Waals surface area (Å²) in [5.41, 5.74) is 3.60. The van der Waals surface area contributed by atoms with Crippen LogP contribution in [-0.4, -0.2) is 24.9 Å². The Bertz CT molecular complexity index is 659. The van der Waals surface area contributed by atoms with Gasteiger partial charge in [-0.1, -0.05) is 24.3 Å². The largest absolute Gasteiger partial charge is 0.348 e. The van der Waals surface area contributed by atoms with Crippen LogP contribution < -0.4 is 5.32 Å². The third-order valence-corrected chi connectivity index (χ3v) is 4.33. The van der Waals surface area contributed by atoms with Gasteiger partial charge < -0.3 is 10.2 Å². The van der Waals surface area contributed by atoms with Gasteiger partial charge in [-0.3, -0.25) is 4.79 Å². The van der Waals surface area contributed by atoms with Crippen molar-refractivity contribution in [2.45, 2.75) is 20.0 Å². The molecule has 0 fully saturated rings. The summed E-state index contributed by atoms with van der Waals surface area (Å²) in [5, 5.41) is 4.99. The van der Waals surface area contributed by atoms with Gasteiger partial charge in [-0.25, -0.2) is 0 Å². The van der Waals surface area contributed by atoms with Crippen molar-refractivity contribution in [2.24, 2.45) is 0 Å². The molecule has 0 radical (unpaired) electrons. The molecule has 2 aromatic rings. The van der Waals surface area contributed by atoms with Gasteiger partial charge in [-0.05, 0) is 55.2 Å². The molecule has 0 bridgehead atoms. The fourth-order valence-corrected chi connectivity index (χ4v) is 2.99. The summed E-state index contributed by atoms with van der Waals surface area (Å²) in [6, 6.07) is 10.3. The van der Waals surface area contributed by atoms with Gasteiger partial charge in [0.05, 0.1) is 0 Å². The van der Waals surface area contributed by atoms with E-state index in [1.165, 1.54) is 11.1 Å². The lowest BCUT2D eigenvalue weighted by atomic mass is 10.1. The zero-order chi connectivity index (χ0) is 15.9. The lowest BCUT2D eigenvalue weighted by molar-refractivity contribution is -0.116. The molecule has 4 heteroatoms. The highest BCUT2D eigenvalue weighted by Gasteiger charge is 2.04. The number of carbonyl (C=O) groups excluding carboxylic acids is 1. The first-order chi connectivity index (χ1) is 10.6. The Morgan fingerprint density at radius 3 is 2.59 bits per heavy atom. The van der Waals surface area contributed by atoms with Gasteiger partial charge in [0.2, 0.25) is 5.91 Å². The van der Waals surface area contributed by atoms with Crippen molar-refractivity contribution in [1.82, 2.24) is 10.2 Å². The maximum atomic E-state index is 12.0. The molecule has 22 heavy (non-hydrogen) atoms. The summed E-state index contributed by atoms with van der Waals surface area (Å²) in [6.07, 6.45) is 3.48. The second kappa shape index (κ2) is 7.92. The van der Waals surface area contributed by atoms with E-state index in [1.807, 2.05) is 44.6 Å². The molecular formula is C18H22N2OS. The van der Waals surface area contributed by atoms with Crippen molar-refractivity contribution in [3.63, 3.8) is 0 Å². The van der Waals surface area contributed by atoms with Crippen molar-refractivity contribution in [3.8, 4) is 0 Å². The fraction of sp³-hybridized carbons (Fsp3) is 0.278. The van der Waals surface area contributed by atoms with Crippen LogP contribution in [0.1, 0.15) is 21.6 Å². The lowest BCUT2D eigenvalue weighted by Crippen LogP contribution is -2.22. The molecule has 0 aliphatic heterocycles. The quantitative estimate of drug-likeness (QED) is 0.828. The number of carbonyl (C=O) groups is 1. The predicted octanol–water partition coefficient (Wildman–Crippen LogP) is 3.45. The van der Waals surface area contributed by atoms with E-state index in [9.17, 15) is 4.79 Å². The third kappa shape index (κ3) is 4.83. The van der Waals surface area contributed by atoms with Gasteiger partial charge in [-0.2, -0.15) is 0 Å². The molecular weight excluding hydrogens is 292 g/mol. The number of rotatable bonds is 6. The van der Waals surface area contributed by atoms with Gasteiger partial charge in [0.1, 0.15) is 0 Å². The second-order valence-electron chi connectivity index (χ2n) is 5.53. The Kier molecular flexibility index (Phi) is 5.92. The van der Waals surface area contributed by atoms with Gasteiger partial charge in [0, 0.05) is 24.0 Å². The third-order valence-electron chi connectivity index (χ3n) is 3.35. The number of nitrogens with zero attached hydrogens (tertiary/aromatic N) is 1. The number of hydrogen-bond donors (Lipinski definition) is 1. The first-order valence-electron chi connectivity index (χ1n) is 7.28. The van der Waals surface area contributed by atoms with E-state index in [-0.39, 0.29) is 5.91 Å². The fourth-order valence-electron chi connectivity index (χ4n) is 2.17. The summed E-state index contributed by atoms with van der Waals surface area (Å²) < 4.78 is 0. The van der Waals surface area contributed by atoms with Crippen LogP contribution in [0.15, 0.2) is 41.8 Å². The van der Waals surface area contributed by atoms with E-state index in [2.05, 4.69) is 28.4 Å². The minimum atomic E-state index is -0.0625. The molecule has 0 atom stereocenters. The van der Waals surface area contributed by atoms with Crippen LogP contribution in [0.3, 0.4) is 0 Å². The van der Waals surface area contributed by atoms with E-state index < -0.39 is 0 Å². The minimum absolute atomic E-state index is 0.0625. The molecule has 0 saturated heterocycles. The summed E-state index contributed by atoms with van der Waals surface area (Å²) in [5.74, 6) is -0.0625. The Balaban J connectivity index is 1.94. The van der Waals surface area contributed by atoms with Crippen LogP contribution in [0.5, 0.6) is 0 Å². The molecule has 0 unspecified atom stereocenters. The first kappa shape index (κ1) is 16.5. The maximum absolute atomic E-state index is 12.0. The normalized spacial score (nSPS) is 11.3. The molecule has 0 aliphatic rings. The Morgan fingerprint density at radius 2 is 1.95 bits per heavy atom. The number of benzene rings is 1. The highest BCUT2D eigenvalue weighted by Crippen LogP contribution is 2.17. The van der Waals surface area contributed by atoms with E-state index in [0.29, 0.717) is 6.54 Å². The number of thiophene rings is 1. The lowest BCUT2D eigenvalue weighted by Gasteiger charge is -2.14. The molecule has 0 spiro atoms. The zero-order valence-electron chi connectivity index (χ0n) is 13.3. The number of amides is 1. The smallest absolute Gasteiger partial charge is 0.244 e. The average molecular weight is 314 g/mol. The van der Waals surface area contributed by atoms with Crippen LogP contribution in [-0.2, 0) is 17.9 Å². The topological polar surface area (TPSA) is 32.3 Å². The molecule has 116 valence electrons. The molecule has 2 rings (SSSR count). The molecule has 1 N–H and O–H groups in total. The van der Waals surface area contributed by atoms with Crippen molar-refractivity contribution in [2.75, 3.05) is 14.1 Å². The van der Waals surface area contributed by atoms with Crippen LogP contribution in [0, 0.1) is 6.92 Å². The molecule has 1 amide bonds.